The molecule has 0 spiro atoms. The number of hydrogen-bond acceptors (Lipinski definition) is 4. The van der Waals surface area contributed by atoms with Gasteiger partial charge in [-0.3, -0.25) is 4.79 Å². The van der Waals surface area contributed by atoms with Gasteiger partial charge in [-0.05, 0) is 23.0 Å². The third-order valence-electron chi connectivity index (χ3n) is 4.31. The van der Waals surface area contributed by atoms with Gasteiger partial charge in [0.2, 0.25) is 0 Å². The van der Waals surface area contributed by atoms with Gasteiger partial charge in [-0.25, -0.2) is 0 Å². The molecule has 0 unspecified atom stereocenters. The third-order valence-corrected chi connectivity index (χ3v) is 4.31. The summed E-state index contributed by atoms with van der Waals surface area (Å²) in [6.45, 7) is 6.41. The Morgan fingerprint density at radius 2 is 1.70 bits per heavy atom. The van der Waals surface area contributed by atoms with E-state index in [2.05, 4.69) is 25.8 Å². The van der Waals surface area contributed by atoms with E-state index >= 15 is 0 Å². The summed E-state index contributed by atoms with van der Waals surface area (Å²) in [4.78, 5) is 14.3. The maximum absolute atomic E-state index is 11.9. The van der Waals surface area contributed by atoms with Crippen molar-refractivity contribution in [3.63, 3.8) is 0 Å². The smallest absolute Gasteiger partial charge is 0.268 e. The largest absolute Gasteiger partial charge is 0.384 e. The van der Waals surface area contributed by atoms with Gasteiger partial charge < -0.3 is 10.7 Å². The predicted molar refractivity (Wildman–Crippen MR) is 89.7 cm³/mol. The van der Waals surface area contributed by atoms with E-state index in [-0.39, 0.29) is 27.9 Å². The lowest BCUT2D eigenvalue weighted by molar-refractivity contribution is 0.506. The third kappa shape index (κ3) is 2.82. The maximum Gasteiger partial charge on any atom is 0.268 e. The molecule has 0 radical (unpaired) electrons. The molecule has 116 valence electrons. The van der Waals surface area contributed by atoms with Gasteiger partial charge in [-0.2, -0.15) is 10.5 Å². The summed E-state index contributed by atoms with van der Waals surface area (Å²) < 4.78 is 0. The van der Waals surface area contributed by atoms with E-state index in [4.69, 9.17) is 5.73 Å². The highest BCUT2D eigenvalue weighted by Crippen LogP contribution is 2.31. The zero-order valence-corrected chi connectivity index (χ0v) is 13.4. The fourth-order valence-corrected chi connectivity index (χ4v) is 2.42. The van der Waals surface area contributed by atoms with Crippen LogP contribution in [0.3, 0.4) is 0 Å². The lowest BCUT2D eigenvalue weighted by atomic mass is 9.81. The van der Waals surface area contributed by atoms with Crippen LogP contribution < -0.4 is 11.3 Å². The molecule has 0 amide bonds. The first-order valence-corrected chi connectivity index (χ1v) is 7.32. The number of nitrogens with one attached hydrogen (secondary N) is 1. The molecule has 0 aliphatic carbocycles. The van der Waals surface area contributed by atoms with Crippen LogP contribution in [0.2, 0.25) is 0 Å². The molecule has 0 aliphatic rings. The molecule has 0 fully saturated rings. The number of hydrogen-bond donors (Lipinski definition) is 2. The van der Waals surface area contributed by atoms with Crippen LogP contribution in [0.25, 0.3) is 11.1 Å². The minimum absolute atomic E-state index is 0.0236. The molecule has 0 bridgehead atoms. The number of H-pyrrole nitrogens is 1. The van der Waals surface area contributed by atoms with E-state index < -0.39 is 5.56 Å². The van der Waals surface area contributed by atoms with Crippen LogP contribution >= 0.6 is 0 Å². The molecule has 0 saturated carbocycles. The second-order valence-electron chi connectivity index (χ2n) is 6.03. The normalized spacial score (nSPS) is 10.8. The van der Waals surface area contributed by atoms with Crippen LogP contribution in [-0.2, 0) is 5.41 Å². The summed E-state index contributed by atoms with van der Waals surface area (Å²) in [6, 6.07) is 11.4. The molecule has 1 aromatic heterocycles. The fourth-order valence-electron chi connectivity index (χ4n) is 2.42. The lowest BCUT2D eigenvalue weighted by Gasteiger charge is -2.23. The number of nitriles is 2. The van der Waals surface area contributed by atoms with Gasteiger partial charge in [0.05, 0.1) is 0 Å². The van der Waals surface area contributed by atoms with Crippen molar-refractivity contribution < 1.29 is 0 Å². The van der Waals surface area contributed by atoms with Crippen molar-refractivity contribution >= 4 is 5.82 Å². The molecule has 5 nitrogen and oxygen atoms in total. The summed E-state index contributed by atoms with van der Waals surface area (Å²) in [5, 5.41) is 18.6. The molecular formula is C18H18N4O. The van der Waals surface area contributed by atoms with Gasteiger partial charge in [0.1, 0.15) is 29.1 Å². The first kappa shape index (κ1) is 16.3. The molecule has 1 aromatic carbocycles. The average molecular weight is 306 g/mol. The Morgan fingerprint density at radius 3 is 2.17 bits per heavy atom. The van der Waals surface area contributed by atoms with E-state index in [1.807, 2.05) is 36.4 Å². The summed E-state index contributed by atoms with van der Waals surface area (Å²) in [5.74, 6) is -0.0236. The first-order chi connectivity index (χ1) is 10.9. The minimum Gasteiger partial charge on any atom is -0.384 e. The second-order valence-corrected chi connectivity index (χ2v) is 6.03. The standard InChI is InChI=1S/C18H18N4O/c1-4-18(2,3)12-7-5-11(6-8-12)15-13(9-19)16(21)22-17(23)14(15)10-20/h5-8H,4H2,1-3H3,(H3,21,22,23). The zero-order valence-electron chi connectivity index (χ0n) is 13.4. The number of nitrogens with zero attached hydrogens (tertiary/aromatic N) is 2. The summed E-state index contributed by atoms with van der Waals surface area (Å²) in [5.41, 5.74) is 7.26. The van der Waals surface area contributed by atoms with Gasteiger partial charge in [-0.1, -0.05) is 45.0 Å². The Balaban J connectivity index is 2.71. The highest BCUT2D eigenvalue weighted by molar-refractivity contribution is 5.80. The van der Waals surface area contributed by atoms with Gasteiger partial charge in [-0.15, -0.1) is 0 Å². The topological polar surface area (TPSA) is 106 Å². The number of nitrogens with two attached hydrogens (primary N) is 1. The number of rotatable bonds is 3. The molecule has 1 heterocycles. The average Bonchev–Trinajstić information content (AvgIpc) is 2.54. The Bertz CT molecular complexity index is 877. The Kier molecular flexibility index (Phi) is 4.24. The van der Waals surface area contributed by atoms with Crippen LogP contribution in [0.1, 0.15) is 43.9 Å². The Labute approximate surface area is 135 Å². The molecule has 5 heteroatoms. The monoisotopic (exact) mass is 306 g/mol. The highest BCUT2D eigenvalue weighted by atomic mass is 16.1. The molecule has 0 atom stereocenters. The number of anilines is 1. The second kappa shape index (κ2) is 5.98. The van der Waals surface area contributed by atoms with Crippen molar-refractivity contribution in [2.75, 3.05) is 5.73 Å². The first-order valence-electron chi connectivity index (χ1n) is 7.32. The van der Waals surface area contributed by atoms with Crippen molar-refractivity contribution in [1.29, 1.82) is 10.5 Å². The van der Waals surface area contributed by atoms with Crippen molar-refractivity contribution in [2.45, 2.75) is 32.6 Å². The van der Waals surface area contributed by atoms with Gasteiger partial charge >= 0.3 is 0 Å². The van der Waals surface area contributed by atoms with E-state index in [9.17, 15) is 15.3 Å². The fraction of sp³-hybridized carbons (Fsp3) is 0.278. The number of aromatic amines is 1. The van der Waals surface area contributed by atoms with E-state index in [1.54, 1.807) is 0 Å². The van der Waals surface area contributed by atoms with Crippen LogP contribution in [0.5, 0.6) is 0 Å². The van der Waals surface area contributed by atoms with E-state index in [0.717, 1.165) is 12.0 Å². The Hall–Kier alpha value is -3.05. The zero-order chi connectivity index (χ0) is 17.2. The van der Waals surface area contributed by atoms with Gasteiger partial charge in [0.15, 0.2) is 0 Å². The lowest BCUT2D eigenvalue weighted by Crippen LogP contribution is -2.17. The van der Waals surface area contributed by atoms with Crippen molar-refractivity contribution in [1.82, 2.24) is 4.98 Å². The van der Waals surface area contributed by atoms with E-state index in [0.29, 0.717) is 5.56 Å². The molecule has 2 aromatic rings. The van der Waals surface area contributed by atoms with Crippen molar-refractivity contribution in [3.05, 3.63) is 51.3 Å². The van der Waals surface area contributed by atoms with Crippen molar-refractivity contribution in [3.8, 4) is 23.3 Å². The number of pyridine rings is 1. The van der Waals surface area contributed by atoms with Crippen LogP contribution in [0, 0.1) is 22.7 Å². The van der Waals surface area contributed by atoms with Crippen LogP contribution in [0.15, 0.2) is 29.1 Å². The molecule has 23 heavy (non-hydrogen) atoms. The number of aromatic nitrogens is 1. The molecule has 3 N–H and O–H groups in total. The minimum atomic E-state index is -0.586. The van der Waals surface area contributed by atoms with Crippen molar-refractivity contribution in [2.24, 2.45) is 0 Å². The summed E-state index contributed by atoms with van der Waals surface area (Å²) in [6.07, 6.45) is 0.983. The molecule has 0 aliphatic heterocycles. The highest BCUT2D eigenvalue weighted by Gasteiger charge is 2.20. The maximum atomic E-state index is 11.9. The van der Waals surface area contributed by atoms with Crippen LogP contribution in [0.4, 0.5) is 5.82 Å². The molecule has 2 rings (SSSR count). The predicted octanol–water partition coefficient (Wildman–Crippen LogP) is 3.06. The molecule has 0 saturated heterocycles. The van der Waals surface area contributed by atoms with Gasteiger partial charge in [0.25, 0.3) is 5.56 Å². The molecular weight excluding hydrogens is 288 g/mol. The SMILES string of the molecule is CCC(C)(C)c1ccc(-c2c(C#N)c(N)[nH]c(=O)c2C#N)cc1. The van der Waals surface area contributed by atoms with Crippen LogP contribution in [-0.4, -0.2) is 4.98 Å². The quantitative estimate of drug-likeness (QED) is 0.908. The van der Waals surface area contributed by atoms with E-state index in [1.165, 1.54) is 0 Å². The Morgan fingerprint density at radius 1 is 1.13 bits per heavy atom. The summed E-state index contributed by atoms with van der Waals surface area (Å²) >= 11 is 0. The number of nitrogen functional groups attached to an aromatic ring is 1. The number of benzene rings is 1. The summed E-state index contributed by atoms with van der Waals surface area (Å²) in [7, 11) is 0. The van der Waals surface area contributed by atoms with Gasteiger partial charge in [0, 0.05) is 5.56 Å².